The maximum atomic E-state index is 12.4. The van der Waals surface area contributed by atoms with Gasteiger partial charge in [0.05, 0.1) is 6.42 Å². The van der Waals surface area contributed by atoms with Gasteiger partial charge in [0.2, 0.25) is 5.91 Å². The molecule has 1 amide bonds. The number of halogens is 1. The van der Waals surface area contributed by atoms with Crippen molar-refractivity contribution in [2.24, 2.45) is 5.92 Å². The van der Waals surface area contributed by atoms with Crippen LogP contribution in [-0.2, 0) is 17.6 Å². The molecule has 0 aromatic heterocycles. The van der Waals surface area contributed by atoms with Gasteiger partial charge in [-0.25, -0.2) is 0 Å². The molecule has 1 aliphatic rings. The lowest BCUT2D eigenvalue weighted by molar-refractivity contribution is -0.131. The number of carbonyl (C=O) groups excluding carboxylic acids is 1. The molecule has 0 unspecified atom stereocenters. The first-order chi connectivity index (χ1) is 10.1. The Bertz CT molecular complexity index is 453. The van der Waals surface area contributed by atoms with E-state index in [-0.39, 0.29) is 18.3 Å². The van der Waals surface area contributed by atoms with E-state index in [4.69, 9.17) is 0 Å². The van der Waals surface area contributed by atoms with E-state index in [1.54, 1.807) is 0 Å². The fourth-order valence-electron chi connectivity index (χ4n) is 2.96. The van der Waals surface area contributed by atoms with E-state index in [1.165, 1.54) is 5.56 Å². The molecule has 2 rings (SSSR count). The van der Waals surface area contributed by atoms with Crippen molar-refractivity contribution in [1.29, 1.82) is 0 Å². The average Bonchev–Trinajstić information content (AvgIpc) is 2.49. The van der Waals surface area contributed by atoms with Crippen LogP contribution in [0.5, 0.6) is 0 Å². The van der Waals surface area contributed by atoms with E-state index < -0.39 is 0 Å². The number of amides is 1. The number of benzene rings is 1. The van der Waals surface area contributed by atoms with Gasteiger partial charge in [0.1, 0.15) is 0 Å². The van der Waals surface area contributed by atoms with Crippen molar-refractivity contribution in [3.8, 4) is 0 Å². The largest absolute Gasteiger partial charge is 0.342 e. The van der Waals surface area contributed by atoms with Crippen molar-refractivity contribution in [3.05, 3.63) is 35.4 Å². The number of nitrogens with one attached hydrogen (secondary N) is 1. The number of hydrogen-bond acceptors (Lipinski definition) is 2. The molecular weight excluding hydrogens is 296 g/mol. The SMILES string of the molecule is CC(C)Cc1ccc(CC(=O)N(C)C2CCNCC2)cc1.Cl. The molecule has 0 bridgehead atoms. The Morgan fingerprint density at radius 3 is 2.27 bits per heavy atom. The van der Waals surface area contributed by atoms with Gasteiger partial charge < -0.3 is 10.2 Å². The fourth-order valence-corrected chi connectivity index (χ4v) is 2.96. The minimum atomic E-state index is 0. The molecule has 1 aromatic carbocycles. The normalized spacial score (nSPS) is 15.5. The molecular formula is C18H29ClN2O. The summed E-state index contributed by atoms with van der Waals surface area (Å²) < 4.78 is 0. The van der Waals surface area contributed by atoms with Gasteiger partial charge in [-0.15, -0.1) is 12.4 Å². The van der Waals surface area contributed by atoms with E-state index in [0.717, 1.165) is 37.9 Å². The Kier molecular flexibility index (Phi) is 7.91. The molecule has 22 heavy (non-hydrogen) atoms. The first-order valence-electron chi connectivity index (χ1n) is 8.10. The fraction of sp³-hybridized carbons (Fsp3) is 0.611. The highest BCUT2D eigenvalue weighted by Gasteiger charge is 2.21. The van der Waals surface area contributed by atoms with Crippen molar-refractivity contribution in [3.63, 3.8) is 0 Å². The van der Waals surface area contributed by atoms with E-state index >= 15 is 0 Å². The Morgan fingerprint density at radius 2 is 1.73 bits per heavy atom. The first-order valence-corrected chi connectivity index (χ1v) is 8.10. The van der Waals surface area contributed by atoms with Crippen LogP contribution in [-0.4, -0.2) is 37.0 Å². The highest BCUT2D eigenvalue weighted by atomic mass is 35.5. The maximum Gasteiger partial charge on any atom is 0.226 e. The number of piperidine rings is 1. The molecule has 0 aliphatic carbocycles. The number of nitrogens with zero attached hydrogens (tertiary/aromatic N) is 1. The lowest BCUT2D eigenvalue weighted by atomic mass is 10.0. The third-order valence-corrected chi connectivity index (χ3v) is 4.27. The van der Waals surface area contributed by atoms with Crippen LogP contribution in [0, 0.1) is 5.92 Å². The predicted octanol–water partition coefficient (Wildman–Crippen LogP) is 3.06. The summed E-state index contributed by atoms with van der Waals surface area (Å²) in [4.78, 5) is 14.3. The van der Waals surface area contributed by atoms with Crippen molar-refractivity contribution in [1.82, 2.24) is 10.2 Å². The lowest BCUT2D eigenvalue weighted by Crippen LogP contribution is -2.44. The second-order valence-corrected chi connectivity index (χ2v) is 6.58. The summed E-state index contributed by atoms with van der Waals surface area (Å²) in [6.45, 7) is 6.50. The summed E-state index contributed by atoms with van der Waals surface area (Å²) in [5.74, 6) is 0.905. The molecule has 0 atom stereocenters. The lowest BCUT2D eigenvalue weighted by Gasteiger charge is -2.31. The van der Waals surface area contributed by atoms with Crippen molar-refractivity contribution >= 4 is 18.3 Å². The molecule has 1 N–H and O–H groups in total. The monoisotopic (exact) mass is 324 g/mol. The van der Waals surface area contributed by atoms with Crippen molar-refractivity contribution in [2.45, 2.75) is 45.6 Å². The number of rotatable bonds is 5. The standard InChI is InChI=1S/C18H28N2O.ClH/c1-14(2)12-15-4-6-16(7-5-15)13-18(21)20(3)17-8-10-19-11-9-17;/h4-7,14,17,19H,8-13H2,1-3H3;1H. The zero-order chi connectivity index (χ0) is 15.2. The molecule has 4 heteroatoms. The molecule has 0 saturated carbocycles. The van der Waals surface area contributed by atoms with Gasteiger partial charge in [-0.3, -0.25) is 4.79 Å². The van der Waals surface area contributed by atoms with E-state index in [2.05, 4.69) is 43.4 Å². The van der Waals surface area contributed by atoms with Crippen LogP contribution >= 0.6 is 12.4 Å². The van der Waals surface area contributed by atoms with Crippen LogP contribution in [0.1, 0.15) is 37.8 Å². The highest BCUT2D eigenvalue weighted by Crippen LogP contribution is 2.14. The van der Waals surface area contributed by atoms with Crippen LogP contribution in [0.2, 0.25) is 0 Å². The average molecular weight is 325 g/mol. The van der Waals surface area contributed by atoms with Crippen LogP contribution in [0.25, 0.3) is 0 Å². The van der Waals surface area contributed by atoms with Crippen molar-refractivity contribution < 1.29 is 4.79 Å². The van der Waals surface area contributed by atoms with E-state index in [9.17, 15) is 4.79 Å². The molecule has 1 aromatic rings. The molecule has 1 heterocycles. The summed E-state index contributed by atoms with van der Waals surface area (Å²) in [7, 11) is 1.95. The topological polar surface area (TPSA) is 32.3 Å². The summed E-state index contributed by atoms with van der Waals surface area (Å²) in [5, 5.41) is 3.34. The molecule has 1 aliphatic heterocycles. The van der Waals surface area contributed by atoms with Crippen LogP contribution < -0.4 is 5.32 Å². The van der Waals surface area contributed by atoms with Gasteiger partial charge in [-0.1, -0.05) is 38.1 Å². The van der Waals surface area contributed by atoms with Crippen molar-refractivity contribution in [2.75, 3.05) is 20.1 Å². The van der Waals surface area contributed by atoms with Crippen LogP contribution in [0.4, 0.5) is 0 Å². The van der Waals surface area contributed by atoms with Gasteiger partial charge in [-0.05, 0) is 49.4 Å². The van der Waals surface area contributed by atoms with Gasteiger partial charge in [0.25, 0.3) is 0 Å². The Morgan fingerprint density at radius 1 is 1.18 bits per heavy atom. The Hall–Kier alpha value is -1.06. The number of carbonyl (C=O) groups is 1. The molecule has 0 radical (unpaired) electrons. The van der Waals surface area contributed by atoms with Crippen LogP contribution in [0.15, 0.2) is 24.3 Å². The highest BCUT2D eigenvalue weighted by molar-refractivity contribution is 5.85. The third kappa shape index (κ3) is 5.62. The van der Waals surface area contributed by atoms with Crippen LogP contribution in [0.3, 0.4) is 0 Å². The Labute approximate surface area is 140 Å². The molecule has 124 valence electrons. The van der Waals surface area contributed by atoms with Gasteiger partial charge in [0, 0.05) is 13.1 Å². The number of hydrogen-bond donors (Lipinski definition) is 1. The summed E-state index contributed by atoms with van der Waals surface area (Å²) in [6.07, 6.45) is 3.75. The van der Waals surface area contributed by atoms with Gasteiger partial charge >= 0.3 is 0 Å². The summed E-state index contributed by atoms with van der Waals surface area (Å²) in [6, 6.07) is 8.93. The Balaban J connectivity index is 0.00000242. The quantitative estimate of drug-likeness (QED) is 0.903. The smallest absolute Gasteiger partial charge is 0.226 e. The summed E-state index contributed by atoms with van der Waals surface area (Å²) >= 11 is 0. The summed E-state index contributed by atoms with van der Waals surface area (Å²) in [5.41, 5.74) is 2.47. The second kappa shape index (κ2) is 9.16. The minimum absolute atomic E-state index is 0. The predicted molar refractivity (Wildman–Crippen MR) is 94.6 cm³/mol. The van der Waals surface area contributed by atoms with Gasteiger partial charge in [0.15, 0.2) is 0 Å². The zero-order valence-electron chi connectivity index (χ0n) is 14.0. The molecule has 3 nitrogen and oxygen atoms in total. The maximum absolute atomic E-state index is 12.4. The van der Waals surface area contributed by atoms with Gasteiger partial charge in [-0.2, -0.15) is 0 Å². The molecule has 1 fully saturated rings. The third-order valence-electron chi connectivity index (χ3n) is 4.27. The zero-order valence-corrected chi connectivity index (χ0v) is 14.8. The first kappa shape index (κ1) is 19.0. The molecule has 1 saturated heterocycles. The number of likely N-dealkylation sites (N-methyl/N-ethyl adjacent to an activating group) is 1. The second-order valence-electron chi connectivity index (χ2n) is 6.58. The molecule has 0 spiro atoms. The van der Waals surface area contributed by atoms with E-state index in [1.807, 2.05) is 11.9 Å². The minimum Gasteiger partial charge on any atom is -0.342 e. The van der Waals surface area contributed by atoms with E-state index in [0.29, 0.717) is 18.4 Å².